The Morgan fingerprint density at radius 3 is 2.75 bits per heavy atom. The van der Waals surface area contributed by atoms with Crippen LogP contribution < -0.4 is 10.6 Å². The van der Waals surface area contributed by atoms with Gasteiger partial charge in [-0.3, -0.25) is 9.78 Å². The summed E-state index contributed by atoms with van der Waals surface area (Å²) in [5.41, 5.74) is 4.87. The van der Waals surface area contributed by atoms with Crippen LogP contribution >= 0.6 is 0 Å². The van der Waals surface area contributed by atoms with E-state index in [-0.39, 0.29) is 5.91 Å². The van der Waals surface area contributed by atoms with E-state index in [4.69, 9.17) is 0 Å². The van der Waals surface area contributed by atoms with Crippen molar-refractivity contribution in [2.24, 2.45) is 5.92 Å². The number of aromatic nitrogens is 1. The first-order valence-corrected chi connectivity index (χ1v) is 8.61. The number of aryl methyl sites for hydroxylation is 2. The molecule has 0 atom stereocenters. The molecule has 4 nitrogen and oxygen atoms in total. The lowest BCUT2D eigenvalue weighted by molar-refractivity contribution is 0.0947. The molecule has 0 aliphatic heterocycles. The van der Waals surface area contributed by atoms with Gasteiger partial charge in [-0.05, 0) is 48.9 Å². The zero-order chi connectivity index (χ0) is 17.5. The predicted octanol–water partition coefficient (Wildman–Crippen LogP) is 4.47. The summed E-state index contributed by atoms with van der Waals surface area (Å²) in [7, 11) is 0. The van der Waals surface area contributed by atoms with Gasteiger partial charge in [-0.1, -0.05) is 39.0 Å². The number of anilines is 2. The summed E-state index contributed by atoms with van der Waals surface area (Å²) >= 11 is 0. The van der Waals surface area contributed by atoms with Crippen molar-refractivity contribution in [3.05, 3.63) is 53.3 Å². The summed E-state index contributed by atoms with van der Waals surface area (Å²) in [6.45, 7) is 9.18. The van der Waals surface area contributed by atoms with Crippen LogP contribution in [0.3, 0.4) is 0 Å². The second-order valence-electron chi connectivity index (χ2n) is 6.46. The minimum atomic E-state index is -0.125. The molecule has 0 aliphatic rings. The lowest BCUT2D eigenvalue weighted by atomic mass is 10.1. The SMILES string of the molecule is CCc1cccc(C)c1Nc1ccnc(C(=O)NCCC(C)C)c1. The average Bonchev–Trinajstić information content (AvgIpc) is 2.56. The van der Waals surface area contributed by atoms with Crippen LogP contribution in [0.2, 0.25) is 0 Å². The molecule has 1 aromatic heterocycles. The third kappa shape index (κ3) is 4.82. The summed E-state index contributed by atoms with van der Waals surface area (Å²) in [5.74, 6) is 0.444. The number of rotatable bonds is 7. The molecule has 128 valence electrons. The Morgan fingerprint density at radius 1 is 1.25 bits per heavy atom. The second kappa shape index (κ2) is 8.48. The van der Waals surface area contributed by atoms with E-state index in [2.05, 4.69) is 61.5 Å². The van der Waals surface area contributed by atoms with Gasteiger partial charge in [0.1, 0.15) is 5.69 Å². The first kappa shape index (κ1) is 18.0. The Morgan fingerprint density at radius 2 is 2.04 bits per heavy atom. The molecule has 2 aromatic rings. The molecule has 2 N–H and O–H groups in total. The number of para-hydroxylation sites is 1. The molecule has 4 heteroatoms. The van der Waals surface area contributed by atoms with Gasteiger partial charge in [0.25, 0.3) is 5.91 Å². The van der Waals surface area contributed by atoms with Gasteiger partial charge in [0.05, 0.1) is 0 Å². The maximum Gasteiger partial charge on any atom is 0.269 e. The van der Waals surface area contributed by atoms with Gasteiger partial charge >= 0.3 is 0 Å². The number of carbonyl (C=O) groups excluding carboxylic acids is 1. The zero-order valence-electron chi connectivity index (χ0n) is 15.0. The van der Waals surface area contributed by atoms with Gasteiger partial charge in [-0.25, -0.2) is 0 Å². The largest absolute Gasteiger partial charge is 0.355 e. The molecule has 0 aliphatic carbocycles. The van der Waals surface area contributed by atoms with Crippen LogP contribution in [0.4, 0.5) is 11.4 Å². The van der Waals surface area contributed by atoms with Crippen molar-refractivity contribution >= 4 is 17.3 Å². The number of pyridine rings is 1. The van der Waals surface area contributed by atoms with Gasteiger partial charge in [0.2, 0.25) is 0 Å². The highest BCUT2D eigenvalue weighted by atomic mass is 16.1. The summed E-state index contributed by atoms with van der Waals surface area (Å²) in [4.78, 5) is 16.4. The van der Waals surface area contributed by atoms with E-state index in [1.807, 2.05) is 6.07 Å². The van der Waals surface area contributed by atoms with Gasteiger partial charge in [0, 0.05) is 24.1 Å². The van der Waals surface area contributed by atoms with Gasteiger partial charge in [-0.15, -0.1) is 0 Å². The number of hydrogen-bond donors (Lipinski definition) is 2. The van der Waals surface area contributed by atoms with E-state index in [1.165, 1.54) is 11.1 Å². The molecule has 0 saturated carbocycles. The zero-order valence-corrected chi connectivity index (χ0v) is 15.0. The van der Waals surface area contributed by atoms with E-state index in [0.29, 0.717) is 18.2 Å². The molecule has 1 heterocycles. The van der Waals surface area contributed by atoms with E-state index in [9.17, 15) is 4.79 Å². The number of benzene rings is 1. The molecule has 1 aromatic carbocycles. The summed E-state index contributed by atoms with van der Waals surface area (Å²) in [6.07, 6.45) is 3.59. The third-order valence-electron chi connectivity index (χ3n) is 4.01. The van der Waals surface area contributed by atoms with Gasteiger partial charge in [0.15, 0.2) is 0 Å². The van der Waals surface area contributed by atoms with Crippen LogP contribution in [-0.2, 0) is 6.42 Å². The van der Waals surface area contributed by atoms with Crippen molar-refractivity contribution in [1.82, 2.24) is 10.3 Å². The standard InChI is InChI=1S/C20H27N3O/c1-5-16-8-6-7-15(4)19(16)23-17-10-12-21-18(13-17)20(24)22-11-9-14(2)3/h6-8,10,12-14H,5,9,11H2,1-4H3,(H,21,23)(H,22,24). The number of nitrogens with zero attached hydrogens (tertiary/aromatic N) is 1. The molecule has 0 bridgehead atoms. The molecule has 24 heavy (non-hydrogen) atoms. The summed E-state index contributed by atoms with van der Waals surface area (Å²) in [6, 6.07) is 9.96. The molecule has 2 rings (SSSR count). The monoisotopic (exact) mass is 325 g/mol. The van der Waals surface area contributed by atoms with Crippen molar-refractivity contribution in [1.29, 1.82) is 0 Å². The highest BCUT2D eigenvalue weighted by molar-refractivity contribution is 5.93. The van der Waals surface area contributed by atoms with E-state index in [0.717, 1.165) is 24.2 Å². The first-order valence-electron chi connectivity index (χ1n) is 8.61. The molecular weight excluding hydrogens is 298 g/mol. The quantitative estimate of drug-likeness (QED) is 0.789. The smallest absolute Gasteiger partial charge is 0.269 e. The number of carbonyl (C=O) groups is 1. The highest BCUT2D eigenvalue weighted by Gasteiger charge is 2.09. The van der Waals surface area contributed by atoms with Gasteiger partial charge in [-0.2, -0.15) is 0 Å². The average molecular weight is 325 g/mol. The minimum absolute atomic E-state index is 0.125. The lowest BCUT2D eigenvalue weighted by Gasteiger charge is -2.14. The van der Waals surface area contributed by atoms with Crippen molar-refractivity contribution in [3.63, 3.8) is 0 Å². The molecule has 0 saturated heterocycles. The maximum absolute atomic E-state index is 12.2. The van der Waals surface area contributed by atoms with Crippen molar-refractivity contribution < 1.29 is 4.79 Å². The Bertz CT molecular complexity index is 695. The topological polar surface area (TPSA) is 54.0 Å². The number of hydrogen-bond acceptors (Lipinski definition) is 3. The van der Waals surface area contributed by atoms with Gasteiger partial charge < -0.3 is 10.6 Å². The molecule has 1 amide bonds. The Balaban J connectivity index is 2.12. The van der Waals surface area contributed by atoms with Crippen LogP contribution in [0.15, 0.2) is 36.5 Å². The fraction of sp³-hybridized carbons (Fsp3) is 0.400. The van der Waals surface area contributed by atoms with Crippen LogP contribution in [0.25, 0.3) is 0 Å². The van der Waals surface area contributed by atoms with Crippen LogP contribution in [0, 0.1) is 12.8 Å². The van der Waals surface area contributed by atoms with E-state index < -0.39 is 0 Å². The summed E-state index contributed by atoms with van der Waals surface area (Å²) < 4.78 is 0. The van der Waals surface area contributed by atoms with E-state index >= 15 is 0 Å². The Kier molecular flexibility index (Phi) is 6.36. The second-order valence-corrected chi connectivity index (χ2v) is 6.46. The molecule has 0 radical (unpaired) electrons. The lowest BCUT2D eigenvalue weighted by Crippen LogP contribution is -2.26. The first-order chi connectivity index (χ1) is 11.5. The van der Waals surface area contributed by atoms with Crippen LogP contribution in [-0.4, -0.2) is 17.4 Å². The Labute approximate surface area is 144 Å². The van der Waals surface area contributed by atoms with E-state index in [1.54, 1.807) is 12.3 Å². The minimum Gasteiger partial charge on any atom is -0.355 e. The molecule has 0 spiro atoms. The van der Waals surface area contributed by atoms with Crippen LogP contribution in [0.5, 0.6) is 0 Å². The fourth-order valence-electron chi connectivity index (χ4n) is 2.54. The maximum atomic E-state index is 12.2. The number of nitrogens with one attached hydrogen (secondary N) is 2. The molecular formula is C20H27N3O. The fourth-order valence-corrected chi connectivity index (χ4v) is 2.54. The third-order valence-corrected chi connectivity index (χ3v) is 4.01. The summed E-state index contributed by atoms with van der Waals surface area (Å²) in [5, 5.41) is 6.37. The Hall–Kier alpha value is -2.36. The molecule has 0 unspecified atom stereocenters. The number of amides is 1. The van der Waals surface area contributed by atoms with Crippen molar-refractivity contribution in [2.75, 3.05) is 11.9 Å². The van der Waals surface area contributed by atoms with Crippen LogP contribution in [0.1, 0.15) is 48.8 Å². The highest BCUT2D eigenvalue weighted by Crippen LogP contribution is 2.25. The van der Waals surface area contributed by atoms with Crippen molar-refractivity contribution in [3.8, 4) is 0 Å². The predicted molar refractivity (Wildman–Crippen MR) is 99.9 cm³/mol. The molecule has 0 fully saturated rings. The normalized spacial score (nSPS) is 10.7. The van der Waals surface area contributed by atoms with Crippen molar-refractivity contribution in [2.45, 2.75) is 40.5 Å².